The highest BCUT2D eigenvalue weighted by molar-refractivity contribution is 8.00. The first kappa shape index (κ1) is 7.35. The zero-order chi connectivity index (χ0) is 5.91. The van der Waals surface area contributed by atoms with Crippen molar-refractivity contribution in [3.05, 3.63) is 6.26 Å². The molecule has 0 atom stereocenters. The molecular formula is C6H13S. The van der Waals surface area contributed by atoms with Crippen molar-refractivity contribution in [3.8, 4) is 0 Å². The molecule has 7 heavy (non-hydrogen) atoms. The molecule has 0 unspecified atom stereocenters. The van der Waals surface area contributed by atoms with Crippen LogP contribution in [0.3, 0.4) is 0 Å². The summed E-state index contributed by atoms with van der Waals surface area (Å²) in [5, 5.41) is 0. The molecule has 1 heteroatoms. The highest BCUT2D eigenvalue weighted by Crippen LogP contribution is 2.18. The van der Waals surface area contributed by atoms with Crippen LogP contribution in [0.25, 0.3) is 0 Å². The van der Waals surface area contributed by atoms with Crippen LogP contribution < -0.4 is 0 Å². The van der Waals surface area contributed by atoms with Crippen molar-refractivity contribution in [1.29, 1.82) is 0 Å². The van der Waals surface area contributed by atoms with E-state index < -0.39 is 0 Å². The maximum absolute atomic E-state index is 3.69. The second-order valence-corrected chi connectivity index (χ2v) is 3.61. The Kier molecular flexibility index (Phi) is 2.74. The maximum Gasteiger partial charge on any atom is 0.00237 e. The molecule has 0 amide bonds. The van der Waals surface area contributed by atoms with Gasteiger partial charge in [-0.25, -0.2) is 0 Å². The van der Waals surface area contributed by atoms with Gasteiger partial charge in [-0.2, -0.15) is 11.8 Å². The lowest BCUT2D eigenvalue weighted by atomic mass is 10.0. The number of hydrogen-bond acceptors (Lipinski definition) is 1. The van der Waals surface area contributed by atoms with Crippen LogP contribution in [0, 0.1) is 11.7 Å². The summed E-state index contributed by atoms with van der Waals surface area (Å²) in [4.78, 5) is 0. The van der Waals surface area contributed by atoms with Crippen molar-refractivity contribution in [2.45, 2.75) is 20.8 Å². The largest absolute Gasteiger partial charge is 0.161 e. The molecule has 0 aliphatic rings. The summed E-state index contributed by atoms with van der Waals surface area (Å²) in [6.07, 6.45) is 3.69. The molecule has 0 spiro atoms. The fraction of sp³-hybridized carbons (Fsp3) is 0.833. The Morgan fingerprint density at radius 1 is 1.43 bits per heavy atom. The van der Waals surface area contributed by atoms with Crippen molar-refractivity contribution in [1.82, 2.24) is 0 Å². The van der Waals surface area contributed by atoms with E-state index in [-0.39, 0.29) is 0 Å². The van der Waals surface area contributed by atoms with Gasteiger partial charge in [-0.1, -0.05) is 20.8 Å². The van der Waals surface area contributed by atoms with Crippen LogP contribution in [0.15, 0.2) is 0 Å². The summed E-state index contributed by atoms with van der Waals surface area (Å²) in [6, 6.07) is 0. The van der Waals surface area contributed by atoms with Crippen molar-refractivity contribution < 1.29 is 0 Å². The minimum Gasteiger partial charge on any atom is -0.161 e. The monoisotopic (exact) mass is 117 g/mol. The van der Waals surface area contributed by atoms with Crippen LogP contribution in [0.5, 0.6) is 0 Å². The van der Waals surface area contributed by atoms with E-state index in [2.05, 4.69) is 27.0 Å². The van der Waals surface area contributed by atoms with E-state index in [1.165, 1.54) is 0 Å². The molecule has 0 nitrogen and oxygen atoms in total. The summed E-state index contributed by atoms with van der Waals surface area (Å²) in [5.41, 5.74) is 0.451. The number of thioether (sulfide) groups is 1. The van der Waals surface area contributed by atoms with Gasteiger partial charge in [-0.3, -0.25) is 0 Å². The van der Waals surface area contributed by atoms with Crippen LogP contribution in [-0.4, -0.2) is 5.75 Å². The van der Waals surface area contributed by atoms with Gasteiger partial charge >= 0.3 is 0 Å². The summed E-state index contributed by atoms with van der Waals surface area (Å²) in [6.45, 7) is 6.64. The van der Waals surface area contributed by atoms with Crippen molar-refractivity contribution in [2.75, 3.05) is 5.75 Å². The first-order chi connectivity index (χ1) is 3.06. The molecule has 0 aliphatic carbocycles. The maximum atomic E-state index is 3.69. The predicted molar refractivity (Wildman–Crippen MR) is 37.3 cm³/mol. The van der Waals surface area contributed by atoms with Gasteiger partial charge in [0.2, 0.25) is 0 Å². The Bertz CT molecular complexity index is 42.6. The average molecular weight is 117 g/mol. The van der Waals surface area contributed by atoms with Crippen LogP contribution in [0.4, 0.5) is 0 Å². The third-order valence-corrected chi connectivity index (χ3v) is 1.61. The molecule has 0 fully saturated rings. The molecule has 1 radical (unpaired) electrons. The molecule has 0 bridgehead atoms. The second kappa shape index (κ2) is 2.61. The lowest BCUT2D eigenvalue weighted by Gasteiger charge is -2.14. The zero-order valence-corrected chi connectivity index (χ0v) is 6.14. The minimum atomic E-state index is 0.451. The Morgan fingerprint density at radius 3 is 1.86 bits per heavy atom. The normalized spacial score (nSPS) is 12.0. The van der Waals surface area contributed by atoms with Crippen molar-refractivity contribution in [3.63, 3.8) is 0 Å². The molecule has 0 rings (SSSR count). The molecule has 0 aliphatic heterocycles. The Labute approximate surface area is 50.7 Å². The summed E-state index contributed by atoms with van der Waals surface area (Å²) >= 11 is 1.66. The van der Waals surface area contributed by atoms with E-state index in [1.54, 1.807) is 11.8 Å². The van der Waals surface area contributed by atoms with E-state index in [1.807, 2.05) is 0 Å². The summed E-state index contributed by atoms with van der Waals surface area (Å²) in [5.74, 6) is 1.15. The molecule has 43 valence electrons. The van der Waals surface area contributed by atoms with Crippen LogP contribution in [0.2, 0.25) is 0 Å². The predicted octanol–water partition coefficient (Wildman–Crippen LogP) is 2.56. The molecule has 0 aromatic carbocycles. The molecule has 0 N–H and O–H groups in total. The molecular weight excluding hydrogens is 104 g/mol. The number of hydrogen-bond donors (Lipinski definition) is 0. The minimum absolute atomic E-state index is 0.451. The van der Waals surface area contributed by atoms with E-state index in [9.17, 15) is 0 Å². The van der Waals surface area contributed by atoms with Gasteiger partial charge in [0.15, 0.2) is 0 Å². The SMILES string of the molecule is [CH2]SCC(C)(C)C. The van der Waals surface area contributed by atoms with Crippen LogP contribution >= 0.6 is 11.8 Å². The first-order valence-corrected chi connectivity index (χ1v) is 3.59. The van der Waals surface area contributed by atoms with E-state index in [0.717, 1.165) is 5.75 Å². The quantitative estimate of drug-likeness (QED) is 0.508. The first-order valence-electron chi connectivity index (χ1n) is 2.43. The Balaban J connectivity index is 3.15. The lowest BCUT2D eigenvalue weighted by molar-refractivity contribution is 0.481. The third-order valence-electron chi connectivity index (χ3n) is 0.535. The summed E-state index contributed by atoms with van der Waals surface area (Å²) in [7, 11) is 0. The lowest BCUT2D eigenvalue weighted by Crippen LogP contribution is -2.06. The van der Waals surface area contributed by atoms with E-state index >= 15 is 0 Å². The topological polar surface area (TPSA) is 0 Å². The van der Waals surface area contributed by atoms with Gasteiger partial charge < -0.3 is 0 Å². The number of rotatable bonds is 1. The Hall–Kier alpha value is 0.350. The van der Waals surface area contributed by atoms with Gasteiger partial charge in [0.1, 0.15) is 0 Å². The second-order valence-electron chi connectivity index (χ2n) is 2.91. The smallest absolute Gasteiger partial charge is 0.00237 e. The van der Waals surface area contributed by atoms with Gasteiger partial charge in [0.05, 0.1) is 0 Å². The van der Waals surface area contributed by atoms with Crippen LogP contribution in [-0.2, 0) is 0 Å². The fourth-order valence-corrected chi connectivity index (χ4v) is 0.919. The van der Waals surface area contributed by atoms with Gasteiger partial charge in [-0.05, 0) is 11.2 Å². The van der Waals surface area contributed by atoms with Crippen LogP contribution in [0.1, 0.15) is 20.8 Å². The standard InChI is InChI=1S/C6H13S/c1-6(2,3)5-7-4/h4-5H2,1-3H3. The van der Waals surface area contributed by atoms with Gasteiger partial charge in [0, 0.05) is 6.26 Å². The highest BCUT2D eigenvalue weighted by Gasteiger charge is 2.06. The van der Waals surface area contributed by atoms with Crippen molar-refractivity contribution >= 4 is 11.8 Å². The highest BCUT2D eigenvalue weighted by atomic mass is 32.2. The third kappa shape index (κ3) is 6.35. The molecule has 0 aromatic rings. The van der Waals surface area contributed by atoms with E-state index in [0.29, 0.717) is 5.41 Å². The fourth-order valence-electron chi connectivity index (χ4n) is 0.306. The molecule has 0 heterocycles. The average Bonchev–Trinajstić information content (AvgIpc) is 1.30. The van der Waals surface area contributed by atoms with Gasteiger partial charge in [0.25, 0.3) is 0 Å². The zero-order valence-electron chi connectivity index (χ0n) is 5.32. The molecule has 0 saturated carbocycles. The molecule has 0 aromatic heterocycles. The molecule has 0 saturated heterocycles. The van der Waals surface area contributed by atoms with Gasteiger partial charge in [-0.15, -0.1) is 0 Å². The Morgan fingerprint density at radius 2 is 1.86 bits per heavy atom. The van der Waals surface area contributed by atoms with Crippen molar-refractivity contribution in [2.24, 2.45) is 5.41 Å². The van der Waals surface area contributed by atoms with E-state index in [4.69, 9.17) is 0 Å². The summed E-state index contributed by atoms with van der Waals surface area (Å²) < 4.78 is 0.